The molecule has 0 aliphatic carbocycles. The van der Waals surface area contributed by atoms with Crippen molar-refractivity contribution in [2.24, 2.45) is 0 Å². The largest absolute Gasteiger partial charge is 0.496 e. The Labute approximate surface area is 117 Å². The average molecular weight is 278 g/mol. The number of para-hydroxylation sites is 1. The number of hydrogen-bond acceptors (Lipinski definition) is 5. The van der Waals surface area contributed by atoms with Gasteiger partial charge in [-0.05, 0) is 29.6 Å². The molecule has 0 spiro atoms. The first-order valence-electron chi connectivity index (χ1n) is 6.37. The maximum Gasteiger partial charge on any atom is 0.122 e. The van der Waals surface area contributed by atoms with Crippen LogP contribution in [0.1, 0.15) is 35.6 Å². The lowest BCUT2D eigenvalue weighted by atomic mass is 10.0. The molecule has 1 N–H and O–H groups in total. The van der Waals surface area contributed by atoms with Crippen molar-refractivity contribution in [3.05, 3.63) is 40.4 Å². The lowest BCUT2D eigenvalue weighted by molar-refractivity contribution is 0.179. The van der Waals surface area contributed by atoms with Crippen molar-refractivity contribution in [2.75, 3.05) is 7.11 Å². The smallest absolute Gasteiger partial charge is 0.122 e. The summed E-state index contributed by atoms with van der Waals surface area (Å²) in [6, 6.07) is 7.74. The summed E-state index contributed by atoms with van der Waals surface area (Å²) in [4.78, 5) is 0.868. The topological polar surface area (TPSA) is 55.2 Å². The Bertz CT molecular complexity index is 528. The van der Waals surface area contributed by atoms with E-state index in [9.17, 15) is 5.11 Å². The predicted octanol–water partition coefficient (Wildman–Crippen LogP) is 2.78. The van der Waals surface area contributed by atoms with E-state index in [1.807, 2.05) is 24.3 Å². The molecular formula is C14H18N2O2S. The van der Waals surface area contributed by atoms with Crippen LogP contribution in [0.15, 0.2) is 24.3 Å². The Morgan fingerprint density at radius 1 is 1.37 bits per heavy atom. The van der Waals surface area contributed by atoms with Gasteiger partial charge in [-0.15, -0.1) is 5.10 Å². The molecule has 0 bridgehead atoms. The van der Waals surface area contributed by atoms with Gasteiger partial charge in [-0.2, -0.15) is 0 Å². The minimum atomic E-state index is -0.571. The molecule has 0 amide bonds. The van der Waals surface area contributed by atoms with Crippen LogP contribution in [0, 0.1) is 0 Å². The fourth-order valence-electron chi connectivity index (χ4n) is 2.05. The SMILES string of the molecule is CCCc1nnsc1C(O)Cc1ccccc1OC. The maximum absolute atomic E-state index is 10.4. The summed E-state index contributed by atoms with van der Waals surface area (Å²) in [7, 11) is 1.64. The third kappa shape index (κ3) is 3.30. The van der Waals surface area contributed by atoms with Gasteiger partial charge in [0.1, 0.15) is 5.75 Å². The highest BCUT2D eigenvalue weighted by Crippen LogP contribution is 2.28. The van der Waals surface area contributed by atoms with Crippen molar-refractivity contribution >= 4 is 11.5 Å². The van der Waals surface area contributed by atoms with E-state index in [-0.39, 0.29) is 0 Å². The van der Waals surface area contributed by atoms with Crippen molar-refractivity contribution in [2.45, 2.75) is 32.3 Å². The van der Waals surface area contributed by atoms with Gasteiger partial charge in [0.05, 0.1) is 23.8 Å². The van der Waals surface area contributed by atoms with Gasteiger partial charge in [0.2, 0.25) is 0 Å². The van der Waals surface area contributed by atoms with Gasteiger partial charge in [0.25, 0.3) is 0 Å². The molecule has 5 heteroatoms. The van der Waals surface area contributed by atoms with Crippen LogP contribution in [0.3, 0.4) is 0 Å². The molecule has 1 aromatic carbocycles. The highest BCUT2D eigenvalue weighted by molar-refractivity contribution is 7.05. The zero-order valence-corrected chi connectivity index (χ0v) is 12.0. The van der Waals surface area contributed by atoms with E-state index in [2.05, 4.69) is 16.5 Å². The summed E-state index contributed by atoms with van der Waals surface area (Å²) in [5.74, 6) is 0.802. The van der Waals surface area contributed by atoms with Gasteiger partial charge < -0.3 is 9.84 Å². The standard InChI is InChI=1S/C14H18N2O2S/c1-3-6-11-14(19-16-15-11)12(17)9-10-7-4-5-8-13(10)18-2/h4-5,7-8,12,17H,3,6,9H2,1-2H3. The number of nitrogens with zero attached hydrogens (tertiary/aromatic N) is 2. The number of aliphatic hydroxyl groups excluding tert-OH is 1. The Balaban J connectivity index is 2.16. The van der Waals surface area contributed by atoms with Crippen LogP contribution < -0.4 is 4.74 Å². The van der Waals surface area contributed by atoms with Crippen LogP contribution in [0.25, 0.3) is 0 Å². The summed E-state index contributed by atoms with van der Waals surface area (Å²) < 4.78 is 9.25. The van der Waals surface area contributed by atoms with E-state index >= 15 is 0 Å². The molecule has 0 aliphatic heterocycles. The molecule has 0 fully saturated rings. The first-order valence-corrected chi connectivity index (χ1v) is 7.14. The second kappa shape index (κ2) is 6.63. The molecule has 0 radical (unpaired) electrons. The van der Waals surface area contributed by atoms with Crippen LogP contribution >= 0.6 is 11.5 Å². The number of methoxy groups -OCH3 is 1. The van der Waals surface area contributed by atoms with Gasteiger partial charge >= 0.3 is 0 Å². The van der Waals surface area contributed by atoms with E-state index in [0.29, 0.717) is 6.42 Å². The van der Waals surface area contributed by atoms with Gasteiger partial charge in [0, 0.05) is 6.42 Å². The highest BCUT2D eigenvalue weighted by atomic mass is 32.1. The molecule has 4 nitrogen and oxygen atoms in total. The lowest BCUT2D eigenvalue weighted by Gasteiger charge is -2.12. The predicted molar refractivity (Wildman–Crippen MR) is 75.6 cm³/mol. The first kappa shape index (κ1) is 14.0. The van der Waals surface area contributed by atoms with Crippen LogP contribution in [0.2, 0.25) is 0 Å². The molecule has 2 rings (SSSR count). The van der Waals surface area contributed by atoms with Crippen molar-refractivity contribution in [1.82, 2.24) is 9.59 Å². The van der Waals surface area contributed by atoms with Crippen LogP contribution in [0.5, 0.6) is 5.75 Å². The summed E-state index contributed by atoms with van der Waals surface area (Å²) in [5, 5.41) is 14.5. The molecule has 0 aliphatic rings. The fourth-order valence-corrected chi connectivity index (χ4v) is 2.73. The van der Waals surface area contributed by atoms with E-state index in [1.54, 1.807) is 7.11 Å². The van der Waals surface area contributed by atoms with Crippen LogP contribution in [0.4, 0.5) is 0 Å². The van der Waals surface area contributed by atoms with E-state index in [0.717, 1.165) is 34.7 Å². The number of benzene rings is 1. The van der Waals surface area contributed by atoms with Crippen molar-refractivity contribution < 1.29 is 9.84 Å². The third-order valence-corrected chi connectivity index (χ3v) is 3.85. The zero-order chi connectivity index (χ0) is 13.7. The minimum Gasteiger partial charge on any atom is -0.496 e. The fraction of sp³-hybridized carbons (Fsp3) is 0.429. The average Bonchev–Trinajstić information content (AvgIpc) is 2.88. The Morgan fingerprint density at radius 2 is 2.16 bits per heavy atom. The first-order chi connectivity index (χ1) is 9.26. The molecule has 102 valence electrons. The number of aliphatic hydroxyl groups is 1. The van der Waals surface area contributed by atoms with Gasteiger partial charge in [-0.3, -0.25) is 0 Å². The molecule has 1 unspecified atom stereocenters. The molecule has 1 aromatic heterocycles. The molecule has 1 atom stereocenters. The van der Waals surface area contributed by atoms with Crippen molar-refractivity contribution in [3.63, 3.8) is 0 Å². The Kier molecular flexibility index (Phi) is 4.87. The number of aromatic nitrogens is 2. The molecule has 0 saturated carbocycles. The summed E-state index contributed by atoms with van der Waals surface area (Å²) >= 11 is 1.28. The van der Waals surface area contributed by atoms with Gasteiger partial charge in [0.15, 0.2) is 0 Å². The Morgan fingerprint density at radius 3 is 2.89 bits per heavy atom. The summed E-state index contributed by atoms with van der Waals surface area (Å²) in [6.45, 7) is 2.09. The molecule has 0 saturated heterocycles. The summed E-state index contributed by atoms with van der Waals surface area (Å²) in [6.07, 6.45) is 1.80. The number of ether oxygens (including phenoxy) is 1. The highest BCUT2D eigenvalue weighted by Gasteiger charge is 2.18. The molecule has 1 heterocycles. The second-order valence-corrected chi connectivity index (χ2v) is 5.15. The van der Waals surface area contributed by atoms with E-state index in [1.165, 1.54) is 11.5 Å². The summed E-state index contributed by atoms with van der Waals surface area (Å²) in [5.41, 5.74) is 1.91. The molecular weight excluding hydrogens is 260 g/mol. The van der Waals surface area contributed by atoms with Gasteiger partial charge in [-0.1, -0.05) is 36.0 Å². The number of hydrogen-bond donors (Lipinski definition) is 1. The number of aryl methyl sites for hydroxylation is 1. The Hall–Kier alpha value is -1.46. The minimum absolute atomic E-state index is 0.518. The van der Waals surface area contributed by atoms with Crippen molar-refractivity contribution in [3.8, 4) is 5.75 Å². The second-order valence-electron chi connectivity index (χ2n) is 4.37. The molecule has 2 aromatic rings. The van der Waals surface area contributed by atoms with E-state index in [4.69, 9.17) is 4.74 Å². The lowest BCUT2D eigenvalue weighted by Crippen LogP contribution is -2.04. The zero-order valence-electron chi connectivity index (χ0n) is 11.2. The monoisotopic (exact) mass is 278 g/mol. The van der Waals surface area contributed by atoms with Crippen LogP contribution in [-0.4, -0.2) is 21.8 Å². The van der Waals surface area contributed by atoms with Gasteiger partial charge in [-0.25, -0.2) is 0 Å². The number of rotatable bonds is 6. The van der Waals surface area contributed by atoms with E-state index < -0.39 is 6.10 Å². The maximum atomic E-state index is 10.4. The quantitative estimate of drug-likeness (QED) is 0.882. The van der Waals surface area contributed by atoms with Crippen LogP contribution in [-0.2, 0) is 12.8 Å². The third-order valence-electron chi connectivity index (χ3n) is 2.98. The van der Waals surface area contributed by atoms with Crippen molar-refractivity contribution in [1.29, 1.82) is 0 Å². The normalized spacial score (nSPS) is 12.4. The molecule has 19 heavy (non-hydrogen) atoms.